The lowest BCUT2D eigenvalue weighted by Crippen LogP contribution is -2.60. The molecule has 0 unspecified atom stereocenters. The van der Waals surface area contributed by atoms with Crippen LogP contribution < -0.4 is 19.1 Å². The number of hydrogen-bond acceptors (Lipinski definition) is 8. The van der Waals surface area contributed by atoms with Gasteiger partial charge in [-0.05, 0) is 95.6 Å². The van der Waals surface area contributed by atoms with Gasteiger partial charge in [-0.3, -0.25) is 24.1 Å². The van der Waals surface area contributed by atoms with E-state index in [2.05, 4.69) is 6.08 Å². The molecule has 5 aliphatic rings. The lowest BCUT2D eigenvalue weighted by atomic mass is 9.44. The van der Waals surface area contributed by atoms with E-state index in [0.29, 0.717) is 52.5 Å². The van der Waals surface area contributed by atoms with Crippen LogP contribution in [0.5, 0.6) is 23.0 Å². The van der Waals surface area contributed by atoms with Gasteiger partial charge in [0.15, 0.2) is 11.6 Å². The van der Waals surface area contributed by atoms with E-state index in [1.54, 1.807) is 50.8 Å². The highest BCUT2D eigenvalue weighted by Crippen LogP contribution is 2.63. The number of Topliss-reactive ketones (excluding diaryl/α,β-unsaturated/α-hetero) is 1. The van der Waals surface area contributed by atoms with Gasteiger partial charge in [0, 0.05) is 35.0 Å². The largest absolute Gasteiger partial charge is 0.508 e. The molecule has 1 saturated carbocycles. The maximum absolute atomic E-state index is 15.4. The first-order chi connectivity index (χ1) is 30.2. The predicted molar refractivity (Wildman–Crippen MR) is 235 cm³/mol. The van der Waals surface area contributed by atoms with Gasteiger partial charge in [0.1, 0.15) is 23.0 Å². The number of carbonyl (C=O) groups excluding carboxylic acids is 4. The van der Waals surface area contributed by atoms with Crippen molar-refractivity contribution >= 4 is 46.8 Å². The quantitative estimate of drug-likeness (QED) is 0.0937. The maximum Gasteiger partial charge on any atom is 0.238 e. The summed E-state index contributed by atoms with van der Waals surface area (Å²) in [6, 6.07) is 36.5. The zero-order chi connectivity index (χ0) is 42.7. The zero-order valence-corrected chi connectivity index (χ0v) is 34.2. The van der Waals surface area contributed by atoms with Gasteiger partial charge < -0.3 is 19.3 Å². The molecule has 10 rings (SSSR count). The fourth-order valence-corrected chi connectivity index (χ4v) is 10.8. The lowest BCUT2D eigenvalue weighted by Gasteiger charge is -2.56. The first kappa shape index (κ1) is 38.9. The number of phenols is 1. The highest BCUT2D eigenvalue weighted by atomic mass is 16.5. The van der Waals surface area contributed by atoms with Crippen molar-refractivity contribution in [2.75, 3.05) is 19.1 Å². The minimum absolute atomic E-state index is 0.0844. The Bertz CT molecular complexity index is 2790. The second kappa shape index (κ2) is 15.3. The molecule has 2 fully saturated rings. The van der Waals surface area contributed by atoms with Crippen molar-refractivity contribution in [1.29, 1.82) is 0 Å². The molecule has 308 valence electrons. The summed E-state index contributed by atoms with van der Waals surface area (Å²) in [6.07, 6.45) is 9.94. The topological polar surface area (TPSA) is 119 Å². The average Bonchev–Trinajstić information content (AvgIpc) is 3.57. The molecule has 2 aliphatic heterocycles. The molecular weight excluding hydrogens is 779 g/mol. The van der Waals surface area contributed by atoms with Crippen molar-refractivity contribution < 1.29 is 38.5 Å². The van der Waals surface area contributed by atoms with E-state index in [0.717, 1.165) is 27.8 Å². The number of allylic oxidation sites excluding steroid dienone is 5. The average molecular weight is 822 g/mol. The minimum atomic E-state index is -1.38. The van der Waals surface area contributed by atoms with E-state index in [4.69, 9.17) is 14.2 Å². The normalized spacial score (nSPS) is 25.2. The van der Waals surface area contributed by atoms with Gasteiger partial charge in [0.05, 0.1) is 43.4 Å². The molecular formula is C53H43NO8. The third kappa shape index (κ3) is 6.13. The summed E-state index contributed by atoms with van der Waals surface area (Å²) in [5.41, 5.74) is 4.83. The molecule has 0 bridgehead atoms. The highest BCUT2D eigenvalue weighted by molar-refractivity contribution is 6.31. The molecule has 9 nitrogen and oxygen atoms in total. The maximum atomic E-state index is 15.4. The van der Waals surface area contributed by atoms with Crippen LogP contribution in [-0.2, 0) is 31.0 Å². The first-order valence-electron chi connectivity index (χ1n) is 20.9. The number of ether oxygens (including phenoxy) is 3. The molecule has 0 aromatic heterocycles. The number of carbonyl (C=O) groups is 4. The van der Waals surface area contributed by atoms with E-state index < -0.39 is 35.0 Å². The van der Waals surface area contributed by atoms with Crippen LogP contribution in [-0.4, -0.2) is 42.7 Å². The summed E-state index contributed by atoms with van der Waals surface area (Å²) in [5.74, 6) is -2.40. The third-order valence-electron chi connectivity index (χ3n) is 13.6. The fraction of sp³-hybridized carbons (Fsp3) is 0.208. The highest BCUT2D eigenvalue weighted by Gasteiger charge is 2.66. The van der Waals surface area contributed by atoms with Crippen LogP contribution in [0.3, 0.4) is 0 Å². The summed E-state index contributed by atoms with van der Waals surface area (Å²) < 4.78 is 17.2. The Labute approximate surface area is 359 Å². The number of methoxy groups -OCH3 is 2. The Kier molecular flexibility index (Phi) is 9.62. The van der Waals surface area contributed by atoms with E-state index in [1.807, 2.05) is 103 Å². The lowest BCUT2D eigenvalue weighted by molar-refractivity contribution is -0.136. The number of nitrogens with zero attached hydrogens (tertiary/aromatic N) is 1. The SMILES string of the molecule is COc1ccc(OC)c(C=Cc2ccc(N3C(=O)[C@H]4[C@H](CC=C5[C@H](C6=COc7ccc(O)cc7C6)[C@]6(c7ccccc7)C(=O)C=C(c7ccccc7)C(=O)[C@@H]6C[C@H]54)C3=O)cc2)c1. The Hall–Kier alpha value is -7.26. The molecule has 1 N–H and O–H groups in total. The third-order valence-corrected chi connectivity index (χ3v) is 13.6. The molecule has 5 aromatic carbocycles. The Morgan fingerprint density at radius 1 is 0.790 bits per heavy atom. The summed E-state index contributed by atoms with van der Waals surface area (Å²) >= 11 is 0. The van der Waals surface area contributed by atoms with Gasteiger partial charge in [-0.15, -0.1) is 0 Å². The van der Waals surface area contributed by atoms with Gasteiger partial charge in [0.25, 0.3) is 0 Å². The number of phenolic OH excluding ortho intramolecular Hbond substituents is 1. The van der Waals surface area contributed by atoms with E-state index in [1.165, 1.54) is 11.0 Å². The minimum Gasteiger partial charge on any atom is -0.508 e. The van der Waals surface area contributed by atoms with Crippen molar-refractivity contribution in [3.8, 4) is 23.0 Å². The van der Waals surface area contributed by atoms with E-state index >= 15 is 9.59 Å². The molecule has 62 heavy (non-hydrogen) atoms. The number of anilines is 1. The number of aromatic hydroxyl groups is 1. The van der Waals surface area contributed by atoms with Crippen LogP contribution in [0.4, 0.5) is 5.69 Å². The van der Waals surface area contributed by atoms with Crippen LogP contribution in [0.15, 0.2) is 151 Å². The van der Waals surface area contributed by atoms with Crippen LogP contribution >= 0.6 is 0 Å². The summed E-state index contributed by atoms with van der Waals surface area (Å²) in [5, 5.41) is 10.5. The van der Waals surface area contributed by atoms with Gasteiger partial charge in [-0.1, -0.05) is 96.6 Å². The fourth-order valence-electron chi connectivity index (χ4n) is 10.8. The molecule has 6 atom stereocenters. The number of benzene rings is 5. The van der Waals surface area contributed by atoms with Crippen LogP contribution in [0.25, 0.3) is 17.7 Å². The number of amides is 2. The second-order valence-electron chi connectivity index (χ2n) is 16.6. The second-order valence-corrected chi connectivity index (χ2v) is 16.6. The standard InChI is InChI=1S/C53H43NO8/c1-60-39-20-24-45(61-2)33(27-39)16-13-31-14-17-37(18-15-31)54-51(58)41-22-21-40-43(48(41)52(54)59)28-44-50(57)42(32-9-5-3-6-10-32)29-47(56)53(44,36-11-7-4-8-12-36)49(40)35-25-34-26-38(55)19-23-46(34)62-30-35/h3-21,23-24,26-27,29-30,41,43-44,48-49,55H,22,25,28H2,1-2H3/t41-,43+,44-,48-,49-,53-/m0/s1. The Balaban J connectivity index is 1.06. The Morgan fingerprint density at radius 3 is 2.29 bits per heavy atom. The van der Waals surface area contributed by atoms with Gasteiger partial charge in [0.2, 0.25) is 11.8 Å². The molecule has 9 heteroatoms. The smallest absolute Gasteiger partial charge is 0.238 e. The van der Waals surface area contributed by atoms with Gasteiger partial charge in [-0.25, -0.2) is 0 Å². The number of imide groups is 1. The van der Waals surface area contributed by atoms with Crippen LogP contribution in [0, 0.1) is 29.6 Å². The van der Waals surface area contributed by atoms with E-state index in [-0.39, 0.29) is 35.6 Å². The summed E-state index contributed by atoms with van der Waals surface area (Å²) in [4.78, 5) is 61.4. The number of ketones is 2. The van der Waals surface area contributed by atoms with Crippen molar-refractivity contribution in [2.45, 2.75) is 24.7 Å². The Morgan fingerprint density at radius 2 is 1.55 bits per heavy atom. The van der Waals surface area contributed by atoms with Crippen LogP contribution in [0.1, 0.15) is 40.7 Å². The van der Waals surface area contributed by atoms with Crippen molar-refractivity contribution in [1.82, 2.24) is 0 Å². The summed E-state index contributed by atoms with van der Waals surface area (Å²) in [7, 11) is 3.22. The zero-order valence-electron chi connectivity index (χ0n) is 34.2. The predicted octanol–water partition coefficient (Wildman–Crippen LogP) is 8.96. The molecule has 1 saturated heterocycles. The van der Waals surface area contributed by atoms with Crippen LogP contribution in [0.2, 0.25) is 0 Å². The van der Waals surface area contributed by atoms with Gasteiger partial charge in [-0.2, -0.15) is 0 Å². The molecule has 3 aliphatic carbocycles. The molecule has 2 amide bonds. The monoisotopic (exact) mass is 821 g/mol. The van der Waals surface area contributed by atoms with Crippen molar-refractivity contribution in [2.24, 2.45) is 29.6 Å². The summed E-state index contributed by atoms with van der Waals surface area (Å²) in [6.45, 7) is 0. The number of fused-ring (bicyclic) bond motifs is 5. The first-order valence-corrected chi connectivity index (χ1v) is 20.9. The number of hydrogen-bond donors (Lipinski definition) is 1. The molecule has 5 aromatic rings. The molecule has 0 radical (unpaired) electrons. The van der Waals surface area contributed by atoms with Crippen molar-refractivity contribution in [3.63, 3.8) is 0 Å². The molecule has 2 heterocycles. The van der Waals surface area contributed by atoms with Gasteiger partial charge >= 0.3 is 0 Å². The molecule has 0 spiro atoms. The van der Waals surface area contributed by atoms with E-state index in [9.17, 15) is 14.7 Å². The number of rotatable bonds is 8. The van der Waals surface area contributed by atoms with Crippen molar-refractivity contribution in [3.05, 3.63) is 179 Å².